The van der Waals surface area contributed by atoms with Gasteiger partial charge in [0.05, 0.1) is 43.2 Å². The van der Waals surface area contributed by atoms with Crippen molar-refractivity contribution >= 4 is 35.0 Å². The van der Waals surface area contributed by atoms with Gasteiger partial charge in [-0.2, -0.15) is 4.39 Å². The summed E-state index contributed by atoms with van der Waals surface area (Å²) in [6.07, 6.45) is 1.25. The molecule has 3 amide bonds. The van der Waals surface area contributed by atoms with Gasteiger partial charge in [-0.15, -0.1) is 0 Å². The standard InChI is InChI=1S/C27H32ClF2N7O5/c1-36-20(18-6-7-21(42-10-8-31)24(30)23(18)29)13-34-25(36)27(40)35-16-4-5-17(19(28)12-16)26(39)33-9-11-41-15-37(2,3)14-22(32)38/h4-7,12-13H,8-11,14-15,31H2,1-3H3,(H3-,32,33,35,38,39,40)/p+1. The number of ether oxygens (including phenoxy) is 2. The number of benzene rings is 2. The predicted molar refractivity (Wildman–Crippen MR) is 152 cm³/mol. The molecule has 0 unspecified atom stereocenters. The first kappa shape index (κ1) is 32.4. The zero-order chi connectivity index (χ0) is 31.0. The molecule has 15 heteroatoms. The number of halogens is 3. The van der Waals surface area contributed by atoms with E-state index in [1.165, 1.54) is 48.1 Å². The summed E-state index contributed by atoms with van der Waals surface area (Å²) in [5.41, 5.74) is 11.1. The first-order valence-corrected chi connectivity index (χ1v) is 13.1. The van der Waals surface area contributed by atoms with Gasteiger partial charge in [0.2, 0.25) is 5.82 Å². The van der Waals surface area contributed by atoms with Crippen LogP contribution in [0.5, 0.6) is 5.75 Å². The Morgan fingerprint density at radius 2 is 1.83 bits per heavy atom. The minimum Gasteiger partial charge on any atom is -0.489 e. The molecule has 0 saturated carbocycles. The van der Waals surface area contributed by atoms with E-state index in [1.54, 1.807) is 14.1 Å². The van der Waals surface area contributed by atoms with Gasteiger partial charge in [-0.25, -0.2) is 9.37 Å². The zero-order valence-electron chi connectivity index (χ0n) is 23.4. The number of nitrogens with two attached hydrogens (primary N) is 2. The van der Waals surface area contributed by atoms with Crippen molar-refractivity contribution in [2.75, 3.05) is 59.0 Å². The molecule has 0 aliphatic rings. The lowest BCUT2D eigenvalue weighted by molar-refractivity contribution is -0.902. The maximum absolute atomic E-state index is 14.8. The molecule has 226 valence electrons. The molecule has 0 atom stereocenters. The third kappa shape index (κ3) is 8.22. The molecular weight excluding hydrogens is 576 g/mol. The summed E-state index contributed by atoms with van der Waals surface area (Å²) >= 11 is 6.29. The number of primary amides is 1. The number of imidazole rings is 1. The molecule has 6 N–H and O–H groups in total. The molecule has 42 heavy (non-hydrogen) atoms. The minimum atomic E-state index is -1.18. The van der Waals surface area contributed by atoms with E-state index in [9.17, 15) is 23.2 Å². The largest absolute Gasteiger partial charge is 0.489 e. The molecule has 1 heterocycles. The van der Waals surface area contributed by atoms with Crippen LogP contribution >= 0.6 is 11.6 Å². The molecule has 0 radical (unpaired) electrons. The van der Waals surface area contributed by atoms with Gasteiger partial charge in [0.15, 0.2) is 30.7 Å². The topological polar surface area (TPSA) is 164 Å². The highest BCUT2D eigenvalue weighted by atomic mass is 35.5. The molecular formula is C27H33ClF2N7O5+. The Bertz CT molecular complexity index is 1460. The quantitative estimate of drug-likeness (QED) is 0.123. The Kier molecular flexibility index (Phi) is 10.9. The van der Waals surface area contributed by atoms with Gasteiger partial charge in [-0.05, 0) is 30.3 Å². The molecule has 0 aliphatic heterocycles. The summed E-state index contributed by atoms with van der Waals surface area (Å²) in [6.45, 7) is 0.902. The Morgan fingerprint density at radius 3 is 2.50 bits per heavy atom. The number of nitrogens with zero attached hydrogens (tertiary/aromatic N) is 3. The monoisotopic (exact) mass is 608 g/mol. The number of aromatic nitrogens is 2. The van der Waals surface area contributed by atoms with E-state index in [0.717, 1.165) is 0 Å². The van der Waals surface area contributed by atoms with Gasteiger partial charge in [0, 0.05) is 31.4 Å². The van der Waals surface area contributed by atoms with Crippen LogP contribution in [0.25, 0.3) is 11.3 Å². The molecule has 0 bridgehead atoms. The van der Waals surface area contributed by atoms with E-state index in [0.29, 0.717) is 0 Å². The molecule has 0 spiro atoms. The van der Waals surface area contributed by atoms with Crippen LogP contribution in [-0.2, 0) is 16.6 Å². The summed E-state index contributed by atoms with van der Waals surface area (Å²) in [7, 11) is 5.06. The molecule has 3 aromatic rings. The second-order valence-electron chi connectivity index (χ2n) is 9.90. The molecule has 2 aromatic carbocycles. The van der Waals surface area contributed by atoms with Crippen molar-refractivity contribution in [3.05, 3.63) is 64.6 Å². The second-order valence-corrected chi connectivity index (χ2v) is 10.3. The third-order valence-electron chi connectivity index (χ3n) is 5.92. The SMILES string of the molecule is Cn1c(-c2ccc(OCCN)c(F)c2F)cnc1C(=O)Nc1ccc(C(=O)NCCOC[N+](C)(C)CC(N)=O)c(Cl)c1. The predicted octanol–water partition coefficient (Wildman–Crippen LogP) is 1.87. The van der Waals surface area contributed by atoms with E-state index in [4.69, 9.17) is 32.5 Å². The first-order valence-electron chi connectivity index (χ1n) is 12.7. The van der Waals surface area contributed by atoms with Crippen LogP contribution < -0.4 is 26.8 Å². The van der Waals surface area contributed by atoms with Crippen molar-refractivity contribution < 1.29 is 37.1 Å². The summed E-state index contributed by atoms with van der Waals surface area (Å²) in [5.74, 6) is -4.22. The van der Waals surface area contributed by atoms with Crippen LogP contribution in [0.4, 0.5) is 14.5 Å². The minimum absolute atomic E-state index is 0.0231. The number of carbonyl (C=O) groups is 3. The number of hydrogen-bond acceptors (Lipinski definition) is 7. The van der Waals surface area contributed by atoms with Crippen LogP contribution in [0.3, 0.4) is 0 Å². The number of carbonyl (C=O) groups excluding carboxylic acids is 3. The van der Waals surface area contributed by atoms with Crippen LogP contribution in [0.15, 0.2) is 36.5 Å². The summed E-state index contributed by atoms with van der Waals surface area (Å²) in [5, 5.41) is 5.39. The maximum atomic E-state index is 14.8. The Morgan fingerprint density at radius 1 is 1.10 bits per heavy atom. The van der Waals surface area contributed by atoms with Crippen LogP contribution in [0.2, 0.25) is 5.02 Å². The molecule has 12 nitrogen and oxygen atoms in total. The van der Waals surface area contributed by atoms with Crippen LogP contribution in [-0.4, -0.2) is 85.4 Å². The van der Waals surface area contributed by atoms with E-state index in [2.05, 4.69) is 15.6 Å². The molecule has 0 saturated heterocycles. The van der Waals surface area contributed by atoms with Crippen molar-refractivity contribution in [2.45, 2.75) is 0 Å². The average molecular weight is 609 g/mol. The third-order valence-corrected chi connectivity index (χ3v) is 6.23. The molecule has 0 fully saturated rings. The Hall–Kier alpha value is -4.11. The highest BCUT2D eigenvalue weighted by Gasteiger charge is 2.22. The fraction of sp³-hybridized carbons (Fsp3) is 0.333. The van der Waals surface area contributed by atoms with E-state index in [-0.39, 0.29) is 83.2 Å². The van der Waals surface area contributed by atoms with Gasteiger partial charge in [0.1, 0.15) is 6.61 Å². The lowest BCUT2D eigenvalue weighted by Crippen LogP contribution is -2.47. The fourth-order valence-electron chi connectivity index (χ4n) is 3.96. The van der Waals surface area contributed by atoms with Crippen LogP contribution in [0, 0.1) is 11.6 Å². The van der Waals surface area contributed by atoms with Crippen LogP contribution in [0.1, 0.15) is 21.0 Å². The van der Waals surface area contributed by atoms with Gasteiger partial charge in [-0.1, -0.05) is 11.6 Å². The number of nitrogens with one attached hydrogen (secondary N) is 2. The second kappa shape index (κ2) is 14.2. The number of likely N-dealkylation sites (N-methyl/N-ethyl adjacent to an activating group) is 1. The van der Waals surface area contributed by atoms with E-state index >= 15 is 0 Å². The number of quaternary nitrogens is 1. The first-order chi connectivity index (χ1) is 19.8. The molecule has 1 aromatic heterocycles. The average Bonchev–Trinajstić information content (AvgIpc) is 3.29. The normalized spacial score (nSPS) is 11.3. The molecule has 0 aliphatic carbocycles. The number of rotatable bonds is 14. The van der Waals surface area contributed by atoms with Gasteiger partial charge in [-0.3, -0.25) is 18.9 Å². The van der Waals surface area contributed by atoms with Gasteiger partial charge >= 0.3 is 0 Å². The molecule has 3 rings (SSSR count). The van der Waals surface area contributed by atoms with E-state index in [1.807, 2.05) is 0 Å². The Balaban J connectivity index is 1.61. The lowest BCUT2D eigenvalue weighted by atomic mass is 10.1. The lowest BCUT2D eigenvalue weighted by Gasteiger charge is -2.27. The number of hydrogen-bond donors (Lipinski definition) is 4. The summed E-state index contributed by atoms with van der Waals surface area (Å²) < 4.78 is 41.4. The maximum Gasteiger partial charge on any atom is 0.291 e. The highest BCUT2D eigenvalue weighted by molar-refractivity contribution is 6.34. The van der Waals surface area contributed by atoms with Crippen molar-refractivity contribution in [3.8, 4) is 17.0 Å². The van der Waals surface area contributed by atoms with Crippen molar-refractivity contribution in [2.24, 2.45) is 18.5 Å². The van der Waals surface area contributed by atoms with Gasteiger partial charge < -0.3 is 36.1 Å². The Labute approximate surface area is 246 Å². The van der Waals surface area contributed by atoms with E-state index < -0.39 is 29.4 Å². The van der Waals surface area contributed by atoms with Crippen molar-refractivity contribution in [1.82, 2.24) is 14.9 Å². The summed E-state index contributed by atoms with van der Waals surface area (Å²) in [6, 6.07) is 6.92. The smallest absolute Gasteiger partial charge is 0.291 e. The van der Waals surface area contributed by atoms with Crippen molar-refractivity contribution in [3.63, 3.8) is 0 Å². The number of amides is 3. The highest BCUT2D eigenvalue weighted by Crippen LogP contribution is 2.30. The zero-order valence-corrected chi connectivity index (χ0v) is 24.1. The fourth-order valence-corrected chi connectivity index (χ4v) is 4.22. The van der Waals surface area contributed by atoms with Gasteiger partial charge in [0.25, 0.3) is 17.7 Å². The number of anilines is 1. The van der Waals surface area contributed by atoms with Crippen molar-refractivity contribution in [1.29, 1.82) is 0 Å². The summed E-state index contributed by atoms with van der Waals surface area (Å²) in [4.78, 5) is 40.6.